The molecule has 0 fully saturated rings. The van der Waals surface area contributed by atoms with Gasteiger partial charge >= 0.3 is 0 Å². The van der Waals surface area contributed by atoms with Crippen molar-refractivity contribution in [3.63, 3.8) is 0 Å². The molecule has 1 aromatic carbocycles. The second-order valence-electron chi connectivity index (χ2n) is 4.63. The summed E-state index contributed by atoms with van der Waals surface area (Å²) < 4.78 is 41.6. The van der Waals surface area contributed by atoms with Gasteiger partial charge in [0.2, 0.25) is 10.0 Å². The first-order chi connectivity index (χ1) is 9.66. The third-order valence-electron chi connectivity index (χ3n) is 2.79. The summed E-state index contributed by atoms with van der Waals surface area (Å²) in [6.07, 6.45) is -0.182. The molecule has 0 bridgehead atoms. The normalized spacial score (nSPS) is 13.0. The van der Waals surface area contributed by atoms with Gasteiger partial charge in [-0.2, -0.15) is 0 Å². The summed E-state index contributed by atoms with van der Waals surface area (Å²) in [5.41, 5.74) is 0.0613. The number of hydrogen-bond acceptors (Lipinski definition) is 4. The summed E-state index contributed by atoms with van der Waals surface area (Å²) in [6, 6.07) is 2.20. The third kappa shape index (κ3) is 4.76. The van der Waals surface area contributed by atoms with Gasteiger partial charge in [-0.1, -0.05) is 0 Å². The fourth-order valence-corrected chi connectivity index (χ4v) is 2.46. The smallest absolute Gasteiger partial charge is 0.251 e. The van der Waals surface area contributed by atoms with Gasteiger partial charge in [-0.05, 0) is 38.5 Å². The Labute approximate surface area is 123 Å². The molecule has 1 aromatic rings. The lowest BCUT2D eigenvalue weighted by Crippen LogP contribution is -2.32. The van der Waals surface area contributed by atoms with E-state index in [0.29, 0.717) is 6.61 Å². The number of rotatable bonds is 6. The summed E-state index contributed by atoms with van der Waals surface area (Å²) >= 11 is 0. The van der Waals surface area contributed by atoms with E-state index in [9.17, 15) is 17.6 Å². The van der Waals surface area contributed by atoms with Crippen LogP contribution in [0.5, 0.6) is 0 Å². The number of aryl methyl sites for hydroxylation is 1. The van der Waals surface area contributed by atoms with Crippen LogP contribution in [0.4, 0.5) is 4.39 Å². The van der Waals surface area contributed by atoms with E-state index in [-0.39, 0.29) is 23.8 Å². The van der Waals surface area contributed by atoms with Crippen molar-refractivity contribution in [1.82, 2.24) is 5.32 Å². The molecule has 1 rings (SSSR count). The maximum Gasteiger partial charge on any atom is 0.251 e. The van der Waals surface area contributed by atoms with Crippen LogP contribution in [0.2, 0.25) is 0 Å². The third-order valence-corrected chi connectivity index (χ3v) is 3.70. The van der Waals surface area contributed by atoms with Crippen LogP contribution in [0.1, 0.15) is 29.8 Å². The highest BCUT2D eigenvalue weighted by atomic mass is 32.2. The molecule has 1 unspecified atom stereocenters. The predicted octanol–water partition coefficient (Wildman–Crippen LogP) is 0.936. The van der Waals surface area contributed by atoms with Crippen LogP contribution in [0, 0.1) is 12.7 Å². The largest absolute Gasteiger partial charge is 0.377 e. The van der Waals surface area contributed by atoms with Crippen molar-refractivity contribution in [2.24, 2.45) is 5.14 Å². The molecule has 0 aromatic heterocycles. The van der Waals surface area contributed by atoms with Crippen LogP contribution in [0.15, 0.2) is 17.0 Å². The van der Waals surface area contributed by atoms with Gasteiger partial charge in [0.25, 0.3) is 5.91 Å². The number of nitrogens with one attached hydrogen (secondary N) is 1. The Balaban J connectivity index is 2.99. The lowest BCUT2D eigenvalue weighted by molar-refractivity contribution is 0.0695. The van der Waals surface area contributed by atoms with Crippen LogP contribution < -0.4 is 10.5 Å². The molecule has 1 atom stereocenters. The molecule has 21 heavy (non-hydrogen) atoms. The van der Waals surface area contributed by atoms with E-state index in [0.717, 1.165) is 6.07 Å². The molecule has 3 N–H and O–H groups in total. The van der Waals surface area contributed by atoms with Crippen molar-refractivity contribution in [1.29, 1.82) is 0 Å². The molecule has 6 nitrogen and oxygen atoms in total. The average Bonchev–Trinajstić information content (AvgIpc) is 2.38. The Kier molecular flexibility index (Phi) is 5.82. The lowest BCUT2D eigenvalue weighted by Gasteiger charge is -2.13. The highest BCUT2D eigenvalue weighted by molar-refractivity contribution is 7.89. The van der Waals surface area contributed by atoms with E-state index in [1.165, 1.54) is 13.0 Å². The molecular weight excluding hydrogens is 299 g/mol. The number of benzene rings is 1. The molecule has 0 aliphatic rings. The summed E-state index contributed by atoms with van der Waals surface area (Å²) in [4.78, 5) is 11.3. The van der Waals surface area contributed by atoms with Gasteiger partial charge in [0.1, 0.15) is 10.7 Å². The molecule has 0 saturated carbocycles. The summed E-state index contributed by atoms with van der Waals surface area (Å²) in [5, 5.41) is 7.52. The van der Waals surface area contributed by atoms with Crippen LogP contribution in [0.3, 0.4) is 0 Å². The van der Waals surface area contributed by atoms with Gasteiger partial charge in [-0.3, -0.25) is 4.79 Å². The van der Waals surface area contributed by atoms with Crippen molar-refractivity contribution in [2.45, 2.75) is 31.8 Å². The van der Waals surface area contributed by atoms with Gasteiger partial charge in [0.15, 0.2) is 0 Å². The van der Waals surface area contributed by atoms with Gasteiger partial charge in [0, 0.05) is 18.7 Å². The first-order valence-corrected chi connectivity index (χ1v) is 7.94. The number of halogens is 1. The maximum absolute atomic E-state index is 13.7. The van der Waals surface area contributed by atoms with E-state index in [1.807, 2.05) is 6.92 Å². The number of ether oxygens (including phenoxy) is 1. The van der Waals surface area contributed by atoms with Gasteiger partial charge in [0.05, 0.1) is 6.10 Å². The minimum Gasteiger partial charge on any atom is -0.377 e. The van der Waals surface area contributed by atoms with Crippen molar-refractivity contribution < 1.29 is 22.3 Å². The van der Waals surface area contributed by atoms with E-state index in [1.54, 1.807) is 6.92 Å². The zero-order chi connectivity index (χ0) is 16.2. The minimum absolute atomic E-state index is 0.0293. The SMILES string of the molecule is CCOC(C)CNC(=O)c1cc(C)c(F)c(S(N)(=O)=O)c1. The molecule has 8 heteroatoms. The zero-order valence-electron chi connectivity index (χ0n) is 12.1. The topological polar surface area (TPSA) is 98.5 Å². The molecule has 0 aliphatic carbocycles. The number of primary sulfonamides is 1. The highest BCUT2D eigenvalue weighted by Crippen LogP contribution is 2.19. The van der Waals surface area contributed by atoms with Crippen molar-refractivity contribution in [3.05, 3.63) is 29.1 Å². The van der Waals surface area contributed by atoms with Gasteiger partial charge in [-0.15, -0.1) is 0 Å². The van der Waals surface area contributed by atoms with Crippen LogP contribution >= 0.6 is 0 Å². The van der Waals surface area contributed by atoms with Crippen molar-refractivity contribution in [2.75, 3.05) is 13.2 Å². The number of nitrogens with two attached hydrogens (primary N) is 1. The number of carbonyl (C=O) groups excluding carboxylic acids is 1. The van der Waals surface area contributed by atoms with E-state index in [4.69, 9.17) is 9.88 Å². The predicted molar refractivity (Wildman–Crippen MR) is 75.9 cm³/mol. The summed E-state index contributed by atoms with van der Waals surface area (Å²) in [5.74, 6) is -1.47. The number of carbonyl (C=O) groups is 1. The van der Waals surface area contributed by atoms with E-state index >= 15 is 0 Å². The summed E-state index contributed by atoms with van der Waals surface area (Å²) in [7, 11) is -4.23. The first kappa shape index (κ1) is 17.5. The van der Waals surface area contributed by atoms with Gasteiger partial charge in [-0.25, -0.2) is 17.9 Å². The highest BCUT2D eigenvalue weighted by Gasteiger charge is 2.20. The minimum atomic E-state index is -4.23. The monoisotopic (exact) mass is 318 g/mol. The maximum atomic E-state index is 13.7. The fraction of sp³-hybridized carbons (Fsp3) is 0.462. The number of sulfonamides is 1. The zero-order valence-corrected chi connectivity index (χ0v) is 13.0. The average molecular weight is 318 g/mol. The molecular formula is C13H19FN2O4S. The number of amides is 1. The second kappa shape index (κ2) is 6.97. The standard InChI is InChI=1S/C13H19FN2O4S/c1-4-20-9(3)7-16-13(17)10-5-8(2)12(14)11(6-10)21(15,18)19/h5-6,9H,4,7H2,1-3H3,(H,16,17)(H2,15,18,19). The van der Waals surface area contributed by atoms with E-state index < -0.39 is 26.6 Å². The molecule has 0 heterocycles. The quantitative estimate of drug-likeness (QED) is 0.815. The van der Waals surface area contributed by atoms with E-state index in [2.05, 4.69) is 5.32 Å². The molecule has 1 amide bonds. The fourth-order valence-electron chi connectivity index (χ4n) is 1.76. The Bertz CT molecular complexity index is 631. The molecule has 118 valence electrons. The molecule has 0 spiro atoms. The van der Waals surface area contributed by atoms with Crippen LogP contribution in [-0.2, 0) is 14.8 Å². The molecule has 0 radical (unpaired) electrons. The number of hydrogen-bond donors (Lipinski definition) is 2. The Morgan fingerprint density at radius 3 is 2.62 bits per heavy atom. The Morgan fingerprint density at radius 1 is 1.48 bits per heavy atom. The van der Waals surface area contributed by atoms with Crippen LogP contribution in [0.25, 0.3) is 0 Å². The molecule has 0 aliphatic heterocycles. The van der Waals surface area contributed by atoms with Crippen LogP contribution in [-0.4, -0.2) is 33.6 Å². The Morgan fingerprint density at radius 2 is 2.10 bits per heavy atom. The lowest BCUT2D eigenvalue weighted by atomic mass is 10.1. The molecule has 0 saturated heterocycles. The summed E-state index contributed by atoms with van der Waals surface area (Å²) in [6.45, 7) is 5.76. The van der Waals surface area contributed by atoms with Gasteiger partial charge < -0.3 is 10.1 Å². The first-order valence-electron chi connectivity index (χ1n) is 6.39. The second-order valence-corrected chi connectivity index (χ2v) is 6.16. The van der Waals surface area contributed by atoms with Crippen molar-refractivity contribution in [3.8, 4) is 0 Å². The van der Waals surface area contributed by atoms with Crippen molar-refractivity contribution >= 4 is 15.9 Å². The Hall–Kier alpha value is -1.51.